The van der Waals surface area contributed by atoms with Crippen molar-refractivity contribution in [3.8, 4) is 0 Å². The van der Waals surface area contributed by atoms with Gasteiger partial charge in [-0.2, -0.15) is 0 Å². The van der Waals surface area contributed by atoms with Crippen LogP contribution in [0.5, 0.6) is 0 Å². The molecule has 2 aliphatic rings. The number of anilines is 1. The molecular weight excluding hydrogens is 286 g/mol. The van der Waals surface area contributed by atoms with Crippen LogP contribution < -0.4 is 10.6 Å². The van der Waals surface area contributed by atoms with E-state index in [9.17, 15) is 4.79 Å². The minimum atomic E-state index is -0.0184. The molecule has 1 aromatic rings. The van der Waals surface area contributed by atoms with Gasteiger partial charge in [-0.15, -0.1) is 0 Å². The van der Waals surface area contributed by atoms with E-state index in [0.29, 0.717) is 11.1 Å². The Kier molecular flexibility index (Phi) is 4.66. The van der Waals surface area contributed by atoms with Crippen LogP contribution in [-0.4, -0.2) is 36.6 Å². The fourth-order valence-corrected chi connectivity index (χ4v) is 3.58. The van der Waals surface area contributed by atoms with E-state index >= 15 is 0 Å². The molecule has 2 fully saturated rings. The molecule has 21 heavy (non-hydrogen) atoms. The van der Waals surface area contributed by atoms with Crippen molar-refractivity contribution in [1.29, 1.82) is 0 Å². The third kappa shape index (κ3) is 3.69. The van der Waals surface area contributed by atoms with E-state index in [1.54, 1.807) is 12.1 Å². The number of carbonyl (C=O) groups is 1. The fourth-order valence-electron chi connectivity index (χ4n) is 3.39. The van der Waals surface area contributed by atoms with Gasteiger partial charge >= 0.3 is 6.03 Å². The maximum absolute atomic E-state index is 12.3. The van der Waals surface area contributed by atoms with Crippen LogP contribution in [0.25, 0.3) is 0 Å². The van der Waals surface area contributed by atoms with E-state index in [1.807, 2.05) is 17.0 Å². The van der Waals surface area contributed by atoms with Crippen LogP contribution in [-0.2, 0) is 0 Å². The molecule has 0 saturated carbocycles. The molecule has 2 N–H and O–H groups in total. The Balaban J connectivity index is 1.50. The number of nitrogens with zero attached hydrogens (tertiary/aromatic N) is 1. The summed E-state index contributed by atoms with van der Waals surface area (Å²) in [5.41, 5.74) is 0.757. The minimum Gasteiger partial charge on any atom is -0.325 e. The SMILES string of the molecule is O=C(Nc1cccc(Cl)c1)N1CCC(C2CCCN2)CC1. The molecule has 114 valence electrons. The molecule has 3 rings (SSSR count). The highest BCUT2D eigenvalue weighted by atomic mass is 35.5. The molecule has 0 aliphatic carbocycles. The third-order valence-electron chi connectivity index (χ3n) is 4.57. The first-order valence-corrected chi connectivity index (χ1v) is 8.15. The molecule has 5 heteroatoms. The fraction of sp³-hybridized carbons (Fsp3) is 0.562. The Morgan fingerprint density at radius 1 is 1.29 bits per heavy atom. The molecule has 0 bridgehead atoms. The third-order valence-corrected chi connectivity index (χ3v) is 4.81. The normalized spacial score (nSPS) is 23.3. The molecule has 2 aliphatic heterocycles. The van der Waals surface area contributed by atoms with E-state index in [2.05, 4.69) is 10.6 Å². The summed E-state index contributed by atoms with van der Waals surface area (Å²) >= 11 is 5.93. The van der Waals surface area contributed by atoms with Gasteiger partial charge in [0.25, 0.3) is 0 Å². The molecule has 1 atom stereocenters. The Morgan fingerprint density at radius 2 is 2.10 bits per heavy atom. The highest BCUT2D eigenvalue weighted by Crippen LogP contribution is 2.26. The van der Waals surface area contributed by atoms with E-state index in [4.69, 9.17) is 11.6 Å². The Morgan fingerprint density at radius 3 is 2.76 bits per heavy atom. The highest BCUT2D eigenvalue weighted by molar-refractivity contribution is 6.30. The standard InChI is InChI=1S/C16H22ClN3O/c17-13-3-1-4-14(11-13)19-16(21)20-9-6-12(7-10-20)15-5-2-8-18-15/h1,3-4,11-12,15,18H,2,5-10H2,(H,19,21). The lowest BCUT2D eigenvalue weighted by Gasteiger charge is -2.34. The highest BCUT2D eigenvalue weighted by Gasteiger charge is 2.29. The molecule has 1 aromatic carbocycles. The number of hydrogen-bond donors (Lipinski definition) is 2. The molecule has 2 amide bonds. The van der Waals surface area contributed by atoms with Crippen molar-refractivity contribution in [2.45, 2.75) is 31.7 Å². The quantitative estimate of drug-likeness (QED) is 0.880. The number of hydrogen-bond acceptors (Lipinski definition) is 2. The lowest BCUT2D eigenvalue weighted by Crippen LogP contribution is -2.44. The predicted octanol–water partition coefficient (Wildman–Crippen LogP) is 3.34. The van der Waals surface area contributed by atoms with Crippen molar-refractivity contribution >= 4 is 23.3 Å². The second-order valence-corrected chi connectivity index (χ2v) is 6.40. The van der Waals surface area contributed by atoms with Crippen molar-refractivity contribution in [2.75, 3.05) is 25.0 Å². The van der Waals surface area contributed by atoms with Crippen LogP contribution in [0.1, 0.15) is 25.7 Å². The van der Waals surface area contributed by atoms with Crippen molar-refractivity contribution in [3.63, 3.8) is 0 Å². The number of likely N-dealkylation sites (tertiary alicyclic amines) is 1. The van der Waals surface area contributed by atoms with Gasteiger partial charge in [-0.1, -0.05) is 17.7 Å². The van der Waals surface area contributed by atoms with Crippen LogP contribution >= 0.6 is 11.6 Å². The zero-order valence-corrected chi connectivity index (χ0v) is 12.9. The monoisotopic (exact) mass is 307 g/mol. The number of nitrogens with one attached hydrogen (secondary N) is 2. The first-order chi connectivity index (χ1) is 10.2. The van der Waals surface area contributed by atoms with Gasteiger partial charge in [0, 0.05) is 29.8 Å². The van der Waals surface area contributed by atoms with Gasteiger partial charge in [0.1, 0.15) is 0 Å². The van der Waals surface area contributed by atoms with E-state index in [0.717, 1.165) is 44.1 Å². The number of urea groups is 1. The molecule has 0 aromatic heterocycles. The summed E-state index contributed by atoms with van der Waals surface area (Å²) in [4.78, 5) is 14.2. The minimum absolute atomic E-state index is 0.0184. The van der Waals surface area contributed by atoms with E-state index < -0.39 is 0 Å². The number of amides is 2. The summed E-state index contributed by atoms with van der Waals surface area (Å²) in [6.07, 6.45) is 4.78. The maximum atomic E-state index is 12.3. The van der Waals surface area contributed by atoms with Gasteiger partial charge in [-0.3, -0.25) is 0 Å². The second-order valence-electron chi connectivity index (χ2n) is 5.97. The van der Waals surface area contributed by atoms with Crippen LogP contribution in [0.4, 0.5) is 10.5 Å². The lowest BCUT2D eigenvalue weighted by molar-refractivity contribution is 0.170. The van der Waals surface area contributed by atoms with Crippen molar-refractivity contribution in [2.24, 2.45) is 5.92 Å². The molecular formula is C16H22ClN3O. The van der Waals surface area contributed by atoms with Gasteiger partial charge in [0.05, 0.1) is 0 Å². The molecule has 4 nitrogen and oxygen atoms in total. The van der Waals surface area contributed by atoms with Crippen LogP contribution in [0.2, 0.25) is 5.02 Å². The van der Waals surface area contributed by atoms with Crippen molar-refractivity contribution < 1.29 is 4.79 Å². The zero-order valence-electron chi connectivity index (χ0n) is 12.1. The number of rotatable bonds is 2. The zero-order chi connectivity index (χ0) is 14.7. The van der Waals surface area contributed by atoms with Gasteiger partial charge in [-0.25, -0.2) is 4.79 Å². The summed E-state index contributed by atoms with van der Waals surface area (Å²) in [6, 6.07) is 7.93. The number of piperidine rings is 1. The Labute approximate surface area is 130 Å². The van der Waals surface area contributed by atoms with E-state index in [-0.39, 0.29) is 6.03 Å². The number of carbonyl (C=O) groups excluding carboxylic acids is 1. The average molecular weight is 308 g/mol. The number of benzene rings is 1. The smallest absolute Gasteiger partial charge is 0.321 e. The topological polar surface area (TPSA) is 44.4 Å². The van der Waals surface area contributed by atoms with Crippen molar-refractivity contribution in [3.05, 3.63) is 29.3 Å². The summed E-state index contributed by atoms with van der Waals surface area (Å²) in [7, 11) is 0. The van der Waals surface area contributed by atoms with Crippen molar-refractivity contribution in [1.82, 2.24) is 10.2 Å². The Hall–Kier alpha value is -1.26. The summed E-state index contributed by atoms with van der Waals surface area (Å²) in [6.45, 7) is 2.84. The van der Waals surface area contributed by atoms with Crippen LogP contribution in [0, 0.1) is 5.92 Å². The largest absolute Gasteiger partial charge is 0.325 e. The average Bonchev–Trinajstić information content (AvgIpc) is 3.01. The second kappa shape index (κ2) is 6.67. The van der Waals surface area contributed by atoms with Gasteiger partial charge in [0.15, 0.2) is 0 Å². The molecule has 0 radical (unpaired) electrons. The molecule has 2 saturated heterocycles. The van der Waals surface area contributed by atoms with Gasteiger partial charge in [-0.05, 0) is 56.3 Å². The van der Waals surface area contributed by atoms with E-state index in [1.165, 1.54) is 12.8 Å². The van der Waals surface area contributed by atoms with Crippen LogP contribution in [0.15, 0.2) is 24.3 Å². The summed E-state index contributed by atoms with van der Waals surface area (Å²) in [5.74, 6) is 0.725. The first-order valence-electron chi connectivity index (χ1n) is 7.77. The number of halogens is 1. The maximum Gasteiger partial charge on any atom is 0.321 e. The molecule has 2 heterocycles. The lowest BCUT2D eigenvalue weighted by atomic mass is 9.89. The Bertz CT molecular complexity index is 494. The summed E-state index contributed by atoms with van der Waals surface area (Å²) in [5, 5.41) is 7.14. The van der Waals surface area contributed by atoms with Gasteiger partial charge in [0.2, 0.25) is 0 Å². The van der Waals surface area contributed by atoms with Gasteiger partial charge < -0.3 is 15.5 Å². The predicted molar refractivity (Wildman–Crippen MR) is 85.8 cm³/mol. The molecule has 1 unspecified atom stereocenters. The summed E-state index contributed by atoms with van der Waals surface area (Å²) < 4.78 is 0. The first kappa shape index (κ1) is 14.7. The van der Waals surface area contributed by atoms with Crippen LogP contribution in [0.3, 0.4) is 0 Å². The molecule has 0 spiro atoms.